The number of rotatable bonds is 10. The van der Waals surface area contributed by atoms with Crippen LogP contribution in [0, 0.1) is 15.5 Å². The quantitative estimate of drug-likeness (QED) is 0.139. The van der Waals surface area contributed by atoms with Crippen LogP contribution in [0.3, 0.4) is 0 Å². The van der Waals surface area contributed by atoms with Crippen molar-refractivity contribution in [1.82, 2.24) is 0 Å². The third-order valence-electron chi connectivity index (χ3n) is 7.52. The summed E-state index contributed by atoms with van der Waals surface area (Å²) >= 11 is 0. The number of carbonyl (C=O) groups is 1. The topological polar surface area (TPSA) is 147 Å². The largest absolute Gasteiger partial charge is 0.496 e. The van der Waals surface area contributed by atoms with Crippen molar-refractivity contribution >= 4 is 17.2 Å². The molecule has 0 fully saturated rings. The van der Waals surface area contributed by atoms with Gasteiger partial charge in [-0.3, -0.25) is 10.1 Å². The second-order valence-corrected chi connectivity index (χ2v) is 11.1. The molecule has 4 rings (SSSR count). The number of aliphatic hydroxyl groups excluding tert-OH is 1. The molecule has 0 aliphatic heterocycles. The first-order chi connectivity index (χ1) is 20.3. The van der Waals surface area contributed by atoms with Crippen molar-refractivity contribution in [3.8, 4) is 28.7 Å². The van der Waals surface area contributed by atoms with Crippen LogP contribution in [0.1, 0.15) is 43.1 Å². The molecule has 43 heavy (non-hydrogen) atoms. The van der Waals surface area contributed by atoms with Crippen LogP contribution < -0.4 is 23.7 Å². The second kappa shape index (κ2) is 12.3. The van der Waals surface area contributed by atoms with Crippen LogP contribution in [0.4, 0.5) is 5.69 Å². The van der Waals surface area contributed by atoms with Gasteiger partial charge >= 0.3 is 5.97 Å². The van der Waals surface area contributed by atoms with E-state index in [0.29, 0.717) is 22.5 Å². The number of hydrogen-bond donors (Lipinski definition) is 2. The fraction of sp³-hybridized carbons (Fsp3) is 0.344. The maximum atomic E-state index is 12.9. The third-order valence-corrected chi connectivity index (χ3v) is 7.52. The lowest BCUT2D eigenvalue weighted by molar-refractivity contribution is -0.385. The summed E-state index contributed by atoms with van der Waals surface area (Å²) in [6, 6.07) is 15.3. The summed E-state index contributed by atoms with van der Waals surface area (Å²) in [6.45, 7) is 5.08. The zero-order chi connectivity index (χ0) is 31.5. The van der Waals surface area contributed by atoms with Crippen LogP contribution in [0.2, 0.25) is 0 Å². The fourth-order valence-electron chi connectivity index (χ4n) is 5.45. The van der Waals surface area contributed by atoms with Crippen LogP contribution in [-0.4, -0.2) is 60.7 Å². The molecule has 3 aromatic carbocycles. The van der Waals surface area contributed by atoms with Crippen LogP contribution in [0.5, 0.6) is 28.7 Å². The van der Waals surface area contributed by atoms with Gasteiger partial charge in [-0.25, -0.2) is 4.79 Å². The molecule has 2 atom stereocenters. The number of carbonyl (C=O) groups excluding carboxylic acids is 1. The highest BCUT2D eigenvalue weighted by atomic mass is 16.6. The fourth-order valence-corrected chi connectivity index (χ4v) is 5.45. The lowest BCUT2D eigenvalue weighted by Gasteiger charge is -2.46. The third kappa shape index (κ3) is 6.42. The van der Waals surface area contributed by atoms with E-state index in [1.54, 1.807) is 43.3 Å². The summed E-state index contributed by atoms with van der Waals surface area (Å²) in [4.78, 5) is 23.7. The van der Waals surface area contributed by atoms with Crippen LogP contribution in [0.25, 0.3) is 5.57 Å². The van der Waals surface area contributed by atoms with Crippen molar-refractivity contribution in [2.24, 2.45) is 5.41 Å². The van der Waals surface area contributed by atoms with E-state index in [1.807, 2.05) is 13.8 Å². The summed E-state index contributed by atoms with van der Waals surface area (Å²) in [6.07, 6.45) is -0.860. The molecule has 0 amide bonds. The monoisotopic (exact) mass is 593 g/mol. The number of benzene rings is 3. The van der Waals surface area contributed by atoms with Gasteiger partial charge in [-0.15, -0.1) is 0 Å². The van der Waals surface area contributed by atoms with E-state index in [1.165, 1.54) is 45.6 Å². The van der Waals surface area contributed by atoms with Gasteiger partial charge in [-0.05, 0) is 54.7 Å². The smallest absolute Gasteiger partial charge is 0.347 e. The molecule has 2 unspecified atom stereocenters. The van der Waals surface area contributed by atoms with Crippen molar-refractivity contribution in [3.63, 3.8) is 0 Å². The number of non-ortho nitro benzene ring substituents is 1. The van der Waals surface area contributed by atoms with Crippen LogP contribution >= 0.6 is 0 Å². The molecule has 11 heteroatoms. The molecule has 1 aliphatic rings. The maximum Gasteiger partial charge on any atom is 0.347 e. The summed E-state index contributed by atoms with van der Waals surface area (Å²) in [5.41, 5.74) is -0.981. The second-order valence-electron chi connectivity index (χ2n) is 11.1. The highest BCUT2D eigenvalue weighted by Gasteiger charge is 2.47. The molecule has 0 aromatic heterocycles. The number of nitro benzene ring substituents is 1. The van der Waals surface area contributed by atoms with E-state index in [0.717, 1.165) is 0 Å². The summed E-state index contributed by atoms with van der Waals surface area (Å²) in [5, 5.41) is 34.7. The molecule has 0 bridgehead atoms. The van der Waals surface area contributed by atoms with Crippen molar-refractivity contribution < 1.29 is 43.6 Å². The highest BCUT2D eigenvalue weighted by molar-refractivity contribution is 5.94. The molecule has 1 aliphatic carbocycles. The zero-order valence-corrected chi connectivity index (χ0v) is 24.9. The molecule has 3 aromatic rings. The van der Waals surface area contributed by atoms with E-state index in [4.69, 9.17) is 23.7 Å². The molecule has 0 radical (unpaired) electrons. The van der Waals surface area contributed by atoms with E-state index >= 15 is 0 Å². The lowest BCUT2D eigenvalue weighted by atomic mass is 9.64. The average molecular weight is 594 g/mol. The van der Waals surface area contributed by atoms with E-state index < -0.39 is 28.0 Å². The Morgan fingerprint density at radius 3 is 2.26 bits per heavy atom. The Morgan fingerprint density at radius 2 is 1.60 bits per heavy atom. The number of nitro groups is 1. The minimum Gasteiger partial charge on any atom is -0.496 e. The minimum absolute atomic E-state index is 0.101. The average Bonchev–Trinajstić information content (AvgIpc) is 2.97. The number of aliphatic hydroxyl groups is 2. The van der Waals surface area contributed by atoms with E-state index in [2.05, 4.69) is 0 Å². The predicted molar refractivity (Wildman–Crippen MR) is 158 cm³/mol. The van der Waals surface area contributed by atoms with Crippen LogP contribution in [-0.2, 0) is 0 Å². The first-order valence-corrected chi connectivity index (χ1v) is 13.5. The highest BCUT2D eigenvalue weighted by Crippen LogP contribution is 2.50. The standard InChI is InChI=1S/C32H35NO10/c1-31(2)18-32(3,36)23(17-42-27-15-19(33(37)38)11-14-25(27)40-5)28(29(31)34)21-13-12-20(16-26(21)41-6)43-30(35)22-9-7-8-10-24(22)39-4/h7-16,29,34,36H,17-18H2,1-6H3. The maximum absolute atomic E-state index is 12.9. The van der Waals surface area contributed by atoms with Gasteiger partial charge in [0.1, 0.15) is 29.4 Å². The SMILES string of the molecule is COc1ccc([N+](=O)[O-])cc1OCC1=C(c2ccc(OC(=O)c3ccccc3OC)cc2OC)C(O)C(C)(C)CC1(C)O. The van der Waals surface area contributed by atoms with Gasteiger partial charge in [0.05, 0.1) is 44.0 Å². The Kier molecular flexibility index (Phi) is 8.98. The first-order valence-electron chi connectivity index (χ1n) is 13.5. The normalized spacial score (nSPS) is 19.4. The molecule has 0 saturated heterocycles. The first kappa shape index (κ1) is 31.3. The van der Waals surface area contributed by atoms with Gasteiger partial charge in [-0.2, -0.15) is 0 Å². The molecular formula is C32H35NO10. The van der Waals surface area contributed by atoms with Gasteiger partial charge in [0, 0.05) is 23.3 Å². The van der Waals surface area contributed by atoms with Crippen molar-refractivity contribution in [2.75, 3.05) is 27.9 Å². The Labute approximate surface area is 249 Å². The number of para-hydroxylation sites is 1. The van der Waals surface area contributed by atoms with Gasteiger partial charge in [-0.1, -0.05) is 26.0 Å². The summed E-state index contributed by atoms with van der Waals surface area (Å²) in [5.74, 6) is 0.562. The Bertz CT molecular complexity index is 1560. The minimum atomic E-state index is -1.44. The summed E-state index contributed by atoms with van der Waals surface area (Å²) < 4.78 is 27.9. The van der Waals surface area contributed by atoms with Gasteiger partial charge in [0.25, 0.3) is 5.69 Å². The van der Waals surface area contributed by atoms with Crippen molar-refractivity contribution in [2.45, 2.75) is 38.9 Å². The Morgan fingerprint density at radius 1 is 0.930 bits per heavy atom. The van der Waals surface area contributed by atoms with E-state index in [9.17, 15) is 25.1 Å². The lowest BCUT2D eigenvalue weighted by Crippen LogP contribution is -2.47. The number of ether oxygens (including phenoxy) is 5. The molecule has 11 nitrogen and oxygen atoms in total. The number of methoxy groups -OCH3 is 3. The Balaban J connectivity index is 1.77. The predicted octanol–water partition coefficient (Wildman–Crippen LogP) is 5.21. The number of esters is 1. The number of hydrogen-bond acceptors (Lipinski definition) is 10. The Hall–Kier alpha value is -4.61. The molecular weight excluding hydrogens is 558 g/mol. The van der Waals surface area contributed by atoms with Gasteiger partial charge in [0.15, 0.2) is 11.5 Å². The van der Waals surface area contributed by atoms with Crippen molar-refractivity contribution in [1.29, 1.82) is 0 Å². The molecule has 0 saturated carbocycles. The summed E-state index contributed by atoms with van der Waals surface area (Å²) in [7, 11) is 4.31. The molecule has 228 valence electrons. The van der Waals surface area contributed by atoms with Gasteiger partial charge < -0.3 is 33.9 Å². The number of nitrogens with zero attached hydrogens (tertiary/aromatic N) is 1. The molecule has 0 heterocycles. The zero-order valence-electron chi connectivity index (χ0n) is 24.9. The molecule has 2 N–H and O–H groups in total. The molecule has 0 spiro atoms. The van der Waals surface area contributed by atoms with Crippen LogP contribution in [0.15, 0.2) is 66.2 Å². The van der Waals surface area contributed by atoms with Crippen molar-refractivity contribution in [3.05, 3.63) is 87.5 Å². The van der Waals surface area contributed by atoms with E-state index in [-0.39, 0.29) is 47.3 Å². The van der Waals surface area contributed by atoms with Gasteiger partial charge in [0.2, 0.25) is 0 Å².